The Bertz CT molecular complexity index is 1330. The molecule has 1 aliphatic heterocycles. The molecule has 1 fully saturated rings. The van der Waals surface area contributed by atoms with Gasteiger partial charge in [0.2, 0.25) is 5.91 Å². The van der Waals surface area contributed by atoms with Crippen molar-refractivity contribution >= 4 is 57.3 Å². The van der Waals surface area contributed by atoms with Crippen LogP contribution in [0.25, 0.3) is 10.9 Å². The van der Waals surface area contributed by atoms with Gasteiger partial charge < -0.3 is 14.8 Å². The molecule has 1 N–H and O–H groups in total. The second kappa shape index (κ2) is 8.39. The average molecular weight is 496 g/mol. The molecule has 6 nitrogen and oxygen atoms in total. The molecule has 10 heteroatoms. The first kappa shape index (κ1) is 22.6. The zero-order valence-corrected chi connectivity index (χ0v) is 19.2. The number of carbonyl (C=O) groups is 1. The zero-order chi connectivity index (χ0) is 23.2. The van der Waals surface area contributed by atoms with E-state index in [0.29, 0.717) is 29.6 Å². The number of anilines is 1. The van der Waals surface area contributed by atoms with Crippen molar-refractivity contribution in [3.05, 3.63) is 80.1 Å². The summed E-state index contributed by atoms with van der Waals surface area (Å²) in [7, 11) is 1.58. The molecule has 1 amide bonds. The molecular weight excluding hydrogens is 478 g/mol. The number of aromatic nitrogens is 2. The van der Waals surface area contributed by atoms with E-state index in [1.54, 1.807) is 24.1 Å². The van der Waals surface area contributed by atoms with E-state index in [-0.39, 0.29) is 38.6 Å². The highest BCUT2D eigenvalue weighted by Crippen LogP contribution is 2.43. The standard InChI is InChI=1S/C22H18Cl3FN4O2/c1-3-17(31)30-7-6-22(10-30,18-16(26)5-4-14(23)19(18)25)28-12-8-13-20(15(24)9-12)27-11-29(2)21(13)32/h3-5,8-9,11,28H,1,6-7,10H2,2H3/t22-/m0/s1. The molecule has 1 aliphatic rings. The van der Waals surface area contributed by atoms with Crippen LogP contribution in [0.3, 0.4) is 0 Å². The number of fused-ring (bicyclic) bond motifs is 1. The smallest absolute Gasteiger partial charge is 0.261 e. The molecule has 0 aliphatic carbocycles. The van der Waals surface area contributed by atoms with Crippen molar-refractivity contribution in [2.24, 2.45) is 7.05 Å². The Balaban J connectivity index is 1.89. The SMILES string of the molecule is C=CC(=O)N1CC[C@@](Nc2cc(Cl)c3ncn(C)c(=O)c3c2)(c2c(F)ccc(Cl)c2Cl)C1. The Morgan fingerprint density at radius 3 is 2.75 bits per heavy atom. The third-order valence-electron chi connectivity index (χ3n) is 5.64. The number of nitrogens with one attached hydrogen (secondary N) is 1. The first-order chi connectivity index (χ1) is 15.2. The van der Waals surface area contributed by atoms with Gasteiger partial charge in [-0.15, -0.1) is 0 Å². The van der Waals surface area contributed by atoms with Gasteiger partial charge in [-0.1, -0.05) is 41.4 Å². The normalized spacial score (nSPS) is 18.2. The Hall–Kier alpha value is -2.61. The Kier molecular flexibility index (Phi) is 5.92. The van der Waals surface area contributed by atoms with Crippen molar-refractivity contribution in [2.75, 3.05) is 18.4 Å². The van der Waals surface area contributed by atoms with Gasteiger partial charge in [0.25, 0.3) is 5.56 Å². The number of benzene rings is 2. The van der Waals surface area contributed by atoms with Gasteiger partial charge in [-0.3, -0.25) is 9.59 Å². The molecule has 3 aromatic rings. The quantitative estimate of drug-likeness (QED) is 0.419. The molecule has 0 radical (unpaired) electrons. The number of carbonyl (C=O) groups excluding carboxylic acids is 1. The minimum Gasteiger partial charge on any atom is -0.373 e. The van der Waals surface area contributed by atoms with Crippen LogP contribution in [-0.2, 0) is 17.4 Å². The molecule has 0 bridgehead atoms. The van der Waals surface area contributed by atoms with Crippen molar-refractivity contribution in [3.63, 3.8) is 0 Å². The zero-order valence-electron chi connectivity index (χ0n) is 17.0. The molecule has 0 unspecified atom stereocenters. The van der Waals surface area contributed by atoms with Gasteiger partial charge in [0.1, 0.15) is 5.82 Å². The van der Waals surface area contributed by atoms with Gasteiger partial charge in [0.05, 0.1) is 37.8 Å². The van der Waals surface area contributed by atoms with Crippen LogP contribution in [0.4, 0.5) is 10.1 Å². The molecule has 1 aromatic heterocycles. The number of amides is 1. The fourth-order valence-electron chi connectivity index (χ4n) is 4.09. The first-order valence-electron chi connectivity index (χ1n) is 9.65. The highest BCUT2D eigenvalue weighted by molar-refractivity contribution is 6.42. The van der Waals surface area contributed by atoms with E-state index in [2.05, 4.69) is 16.9 Å². The van der Waals surface area contributed by atoms with Crippen molar-refractivity contribution in [3.8, 4) is 0 Å². The van der Waals surface area contributed by atoms with Gasteiger partial charge in [0.15, 0.2) is 0 Å². The van der Waals surface area contributed by atoms with Crippen LogP contribution in [0.1, 0.15) is 12.0 Å². The number of halogens is 4. The third-order valence-corrected chi connectivity index (χ3v) is 6.73. The largest absolute Gasteiger partial charge is 0.373 e. The fraction of sp³-hybridized carbons (Fsp3) is 0.227. The lowest BCUT2D eigenvalue weighted by molar-refractivity contribution is -0.125. The molecule has 4 rings (SSSR count). The minimum atomic E-state index is -1.12. The lowest BCUT2D eigenvalue weighted by atomic mass is 9.87. The monoisotopic (exact) mass is 494 g/mol. The molecule has 166 valence electrons. The summed E-state index contributed by atoms with van der Waals surface area (Å²) in [4.78, 5) is 30.7. The van der Waals surface area contributed by atoms with Crippen molar-refractivity contribution in [1.82, 2.24) is 14.5 Å². The van der Waals surface area contributed by atoms with Gasteiger partial charge in [-0.25, -0.2) is 9.37 Å². The van der Waals surface area contributed by atoms with Gasteiger partial charge in [0, 0.05) is 31.4 Å². The molecule has 2 heterocycles. The number of aryl methyl sites for hydroxylation is 1. The number of nitrogens with zero attached hydrogens (tertiary/aromatic N) is 3. The fourth-order valence-corrected chi connectivity index (χ4v) is 4.85. The van der Waals surface area contributed by atoms with Crippen LogP contribution in [0.2, 0.25) is 15.1 Å². The topological polar surface area (TPSA) is 67.2 Å². The molecule has 32 heavy (non-hydrogen) atoms. The van der Waals surface area contributed by atoms with Gasteiger partial charge >= 0.3 is 0 Å². The van der Waals surface area contributed by atoms with Gasteiger partial charge in [-0.05, 0) is 36.8 Å². The third kappa shape index (κ3) is 3.74. The highest BCUT2D eigenvalue weighted by Gasteiger charge is 2.44. The second-order valence-electron chi connectivity index (χ2n) is 7.65. The molecule has 1 saturated heterocycles. The number of likely N-dealkylation sites (tertiary alicyclic amines) is 1. The maximum absolute atomic E-state index is 15.1. The van der Waals surface area contributed by atoms with Crippen LogP contribution >= 0.6 is 34.8 Å². The van der Waals surface area contributed by atoms with Crippen LogP contribution < -0.4 is 10.9 Å². The lowest BCUT2D eigenvalue weighted by Gasteiger charge is -2.33. The minimum absolute atomic E-state index is 0.0523. The van der Waals surface area contributed by atoms with Crippen molar-refractivity contribution < 1.29 is 9.18 Å². The van der Waals surface area contributed by atoms with Crippen LogP contribution in [0.15, 0.2) is 48.0 Å². The average Bonchev–Trinajstić information content (AvgIpc) is 3.18. The van der Waals surface area contributed by atoms with Crippen LogP contribution in [0.5, 0.6) is 0 Å². The second-order valence-corrected chi connectivity index (χ2v) is 8.85. The predicted octanol–water partition coefficient (Wildman–Crippen LogP) is 4.76. The molecule has 0 saturated carbocycles. The molecule has 0 spiro atoms. The number of hydrogen-bond donors (Lipinski definition) is 1. The number of rotatable bonds is 4. The summed E-state index contributed by atoms with van der Waals surface area (Å²) in [5.41, 5.74) is -0.445. The maximum atomic E-state index is 15.1. The van der Waals surface area contributed by atoms with Crippen LogP contribution in [0, 0.1) is 5.82 Å². The van der Waals surface area contributed by atoms with E-state index in [4.69, 9.17) is 34.8 Å². The van der Waals surface area contributed by atoms with E-state index < -0.39 is 11.4 Å². The Labute approximate surface area is 198 Å². The molecule has 2 aromatic carbocycles. The summed E-state index contributed by atoms with van der Waals surface area (Å²) in [6, 6.07) is 5.82. The lowest BCUT2D eigenvalue weighted by Crippen LogP contribution is -2.41. The summed E-state index contributed by atoms with van der Waals surface area (Å²) in [5, 5.41) is 4.09. The van der Waals surface area contributed by atoms with Crippen LogP contribution in [-0.4, -0.2) is 33.4 Å². The van der Waals surface area contributed by atoms with Gasteiger partial charge in [-0.2, -0.15) is 0 Å². The summed E-state index contributed by atoms with van der Waals surface area (Å²) < 4.78 is 16.4. The summed E-state index contributed by atoms with van der Waals surface area (Å²) in [5.74, 6) is -0.855. The van der Waals surface area contributed by atoms with E-state index in [1.165, 1.54) is 29.1 Å². The molecular formula is C22H18Cl3FN4O2. The summed E-state index contributed by atoms with van der Waals surface area (Å²) in [6.45, 7) is 3.97. The Morgan fingerprint density at radius 2 is 2.03 bits per heavy atom. The van der Waals surface area contributed by atoms with Crippen molar-refractivity contribution in [2.45, 2.75) is 12.0 Å². The first-order valence-corrected chi connectivity index (χ1v) is 10.8. The number of hydrogen-bond acceptors (Lipinski definition) is 4. The van der Waals surface area contributed by atoms with E-state index >= 15 is 4.39 Å². The molecule has 1 atom stereocenters. The maximum Gasteiger partial charge on any atom is 0.261 e. The predicted molar refractivity (Wildman–Crippen MR) is 125 cm³/mol. The highest BCUT2D eigenvalue weighted by atomic mass is 35.5. The van der Waals surface area contributed by atoms with Crippen molar-refractivity contribution in [1.29, 1.82) is 0 Å². The summed E-state index contributed by atoms with van der Waals surface area (Å²) >= 11 is 19.0. The summed E-state index contributed by atoms with van der Waals surface area (Å²) in [6.07, 6.45) is 2.93. The van der Waals surface area contributed by atoms with E-state index in [9.17, 15) is 9.59 Å². The Morgan fingerprint density at radius 1 is 1.28 bits per heavy atom. The van der Waals surface area contributed by atoms with E-state index in [1.807, 2.05) is 0 Å². The van der Waals surface area contributed by atoms with E-state index in [0.717, 1.165) is 0 Å².